The molecule has 0 radical (unpaired) electrons. The molecule has 1 aromatic heterocycles. The number of H-pyrrole nitrogens is 1. The van der Waals surface area contributed by atoms with Gasteiger partial charge in [0.2, 0.25) is 5.91 Å². The third-order valence-corrected chi connectivity index (χ3v) is 3.28. The first-order chi connectivity index (χ1) is 6.41. The molecule has 1 atom stereocenters. The number of nitrogens with zero attached hydrogens (tertiary/aromatic N) is 1. The summed E-state index contributed by atoms with van der Waals surface area (Å²) < 4.78 is 22.0. The maximum Gasteiger partial charge on any atom is 0.242 e. The lowest BCUT2D eigenvalue weighted by atomic mass is 10.4. The Bertz CT molecular complexity index is 409. The number of carbonyl (C=O) groups excluding carboxylic acids is 1. The van der Waals surface area contributed by atoms with Gasteiger partial charge in [0, 0.05) is 12.5 Å². The lowest BCUT2D eigenvalue weighted by Gasteiger charge is -2.08. The maximum atomic E-state index is 11.3. The topological polar surface area (TPSA) is 91.9 Å². The average Bonchev–Trinajstić information content (AvgIpc) is 2.53. The highest BCUT2D eigenvalue weighted by Crippen LogP contribution is 2.05. The van der Waals surface area contributed by atoms with Crippen molar-refractivity contribution in [1.82, 2.24) is 10.2 Å². The molecule has 7 heteroatoms. The highest BCUT2D eigenvalue weighted by molar-refractivity contribution is 7.92. The smallest absolute Gasteiger partial charge is 0.242 e. The van der Waals surface area contributed by atoms with Gasteiger partial charge in [0.1, 0.15) is 5.25 Å². The normalized spacial score (nSPS) is 13.6. The van der Waals surface area contributed by atoms with E-state index in [9.17, 15) is 13.2 Å². The molecule has 0 aliphatic rings. The summed E-state index contributed by atoms with van der Waals surface area (Å²) in [5.74, 6) is -0.561. The van der Waals surface area contributed by atoms with E-state index in [0.29, 0.717) is 5.69 Å². The first-order valence-electron chi connectivity index (χ1n) is 3.90. The Labute approximate surface area is 81.6 Å². The predicted molar refractivity (Wildman–Crippen MR) is 51.5 cm³/mol. The number of aromatic nitrogens is 2. The van der Waals surface area contributed by atoms with Crippen LogP contribution in [0.1, 0.15) is 6.92 Å². The summed E-state index contributed by atoms with van der Waals surface area (Å²) in [5, 5.41) is 7.46. The summed E-state index contributed by atoms with van der Waals surface area (Å²) in [4.78, 5) is 11.3. The SMILES string of the molecule is CC(C(=O)Nc1cn[nH]c1)S(C)(=O)=O. The zero-order valence-corrected chi connectivity index (χ0v) is 8.63. The van der Waals surface area contributed by atoms with E-state index in [1.807, 2.05) is 0 Å². The fraction of sp³-hybridized carbons (Fsp3) is 0.429. The average molecular weight is 217 g/mol. The van der Waals surface area contributed by atoms with Crippen LogP contribution in [0.2, 0.25) is 0 Å². The molecular weight excluding hydrogens is 206 g/mol. The van der Waals surface area contributed by atoms with Gasteiger partial charge in [-0.3, -0.25) is 9.89 Å². The molecule has 0 saturated heterocycles. The van der Waals surface area contributed by atoms with Gasteiger partial charge in [-0.25, -0.2) is 8.42 Å². The third-order valence-electron chi connectivity index (χ3n) is 1.78. The van der Waals surface area contributed by atoms with Gasteiger partial charge in [-0.15, -0.1) is 0 Å². The van der Waals surface area contributed by atoms with Gasteiger partial charge < -0.3 is 5.32 Å². The molecular formula is C7H11N3O3S. The van der Waals surface area contributed by atoms with Gasteiger partial charge in [0.05, 0.1) is 11.9 Å². The van der Waals surface area contributed by atoms with Crippen LogP contribution in [0.15, 0.2) is 12.4 Å². The highest BCUT2D eigenvalue weighted by atomic mass is 32.2. The summed E-state index contributed by atoms with van der Waals surface area (Å²) in [6, 6.07) is 0. The first kappa shape index (κ1) is 10.7. The molecule has 14 heavy (non-hydrogen) atoms. The second-order valence-corrected chi connectivity index (χ2v) is 5.31. The summed E-state index contributed by atoms with van der Waals surface area (Å²) in [5.41, 5.74) is 0.450. The van der Waals surface area contributed by atoms with Gasteiger partial charge in [-0.05, 0) is 6.92 Å². The minimum atomic E-state index is -3.35. The van der Waals surface area contributed by atoms with Gasteiger partial charge in [-0.1, -0.05) is 0 Å². The van der Waals surface area contributed by atoms with Crippen LogP contribution in [0.5, 0.6) is 0 Å². The Morgan fingerprint density at radius 1 is 1.64 bits per heavy atom. The van der Waals surface area contributed by atoms with Gasteiger partial charge >= 0.3 is 0 Å². The number of hydrogen-bond donors (Lipinski definition) is 2. The number of hydrogen-bond acceptors (Lipinski definition) is 4. The van der Waals surface area contributed by atoms with Crippen molar-refractivity contribution in [1.29, 1.82) is 0 Å². The highest BCUT2D eigenvalue weighted by Gasteiger charge is 2.23. The van der Waals surface area contributed by atoms with Crippen LogP contribution in [0.25, 0.3) is 0 Å². The van der Waals surface area contributed by atoms with E-state index in [4.69, 9.17) is 0 Å². The maximum absolute atomic E-state index is 11.3. The largest absolute Gasteiger partial charge is 0.322 e. The number of aromatic amines is 1. The quantitative estimate of drug-likeness (QED) is 0.732. The van der Waals surface area contributed by atoms with Gasteiger partial charge in [-0.2, -0.15) is 5.10 Å². The predicted octanol–water partition coefficient (Wildman–Crippen LogP) is -0.219. The Kier molecular flexibility index (Phi) is 2.90. The number of sulfone groups is 1. The Balaban J connectivity index is 2.69. The number of amides is 1. The molecule has 0 aliphatic carbocycles. The molecule has 0 aromatic carbocycles. The second kappa shape index (κ2) is 3.79. The standard InChI is InChI=1S/C7H11N3O3S/c1-5(14(2,12)13)7(11)10-6-3-8-9-4-6/h3-5H,1-2H3,(H,8,9)(H,10,11). The zero-order valence-electron chi connectivity index (χ0n) is 7.81. The molecule has 0 aliphatic heterocycles. The van der Waals surface area contributed by atoms with Crippen LogP contribution >= 0.6 is 0 Å². The number of carbonyl (C=O) groups is 1. The molecule has 0 fully saturated rings. The van der Waals surface area contributed by atoms with Gasteiger partial charge in [0.25, 0.3) is 0 Å². The van der Waals surface area contributed by atoms with Crippen LogP contribution < -0.4 is 5.32 Å². The lowest BCUT2D eigenvalue weighted by Crippen LogP contribution is -2.31. The van der Waals surface area contributed by atoms with Crippen LogP contribution in [-0.4, -0.2) is 36.0 Å². The Morgan fingerprint density at radius 3 is 2.71 bits per heavy atom. The molecule has 1 aromatic rings. The molecule has 1 heterocycles. The first-order valence-corrected chi connectivity index (χ1v) is 5.85. The molecule has 0 spiro atoms. The van der Waals surface area contributed by atoms with Crippen molar-refractivity contribution in [3.63, 3.8) is 0 Å². The minimum Gasteiger partial charge on any atom is -0.322 e. The van der Waals surface area contributed by atoms with Crippen molar-refractivity contribution >= 4 is 21.4 Å². The third kappa shape index (κ3) is 2.56. The summed E-state index contributed by atoms with van der Waals surface area (Å²) in [6.45, 7) is 1.34. The number of nitrogens with one attached hydrogen (secondary N) is 2. The fourth-order valence-electron chi connectivity index (χ4n) is 0.758. The van der Waals surface area contributed by atoms with Crippen molar-refractivity contribution in [3.05, 3.63) is 12.4 Å². The van der Waals surface area contributed by atoms with Crippen molar-refractivity contribution in [2.75, 3.05) is 11.6 Å². The molecule has 6 nitrogen and oxygen atoms in total. The van der Waals surface area contributed by atoms with E-state index in [1.54, 1.807) is 0 Å². The van der Waals surface area contributed by atoms with E-state index in [2.05, 4.69) is 15.5 Å². The van der Waals surface area contributed by atoms with E-state index < -0.39 is 21.0 Å². The van der Waals surface area contributed by atoms with E-state index in [0.717, 1.165) is 6.26 Å². The summed E-state index contributed by atoms with van der Waals surface area (Å²) >= 11 is 0. The lowest BCUT2D eigenvalue weighted by molar-refractivity contribution is -0.115. The number of anilines is 1. The zero-order chi connectivity index (χ0) is 10.8. The van der Waals surface area contributed by atoms with Crippen molar-refractivity contribution < 1.29 is 13.2 Å². The molecule has 1 rings (SSSR count). The Morgan fingerprint density at radius 2 is 2.29 bits per heavy atom. The molecule has 78 valence electrons. The van der Waals surface area contributed by atoms with Crippen molar-refractivity contribution in [2.24, 2.45) is 0 Å². The van der Waals surface area contributed by atoms with E-state index >= 15 is 0 Å². The van der Waals surface area contributed by atoms with Gasteiger partial charge in [0.15, 0.2) is 9.84 Å². The van der Waals surface area contributed by atoms with E-state index in [-0.39, 0.29) is 0 Å². The Hall–Kier alpha value is -1.37. The second-order valence-electron chi connectivity index (χ2n) is 2.95. The van der Waals surface area contributed by atoms with Crippen LogP contribution in [0.4, 0.5) is 5.69 Å². The molecule has 1 amide bonds. The van der Waals surface area contributed by atoms with Crippen molar-refractivity contribution in [2.45, 2.75) is 12.2 Å². The summed E-state index contributed by atoms with van der Waals surface area (Å²) in [7, 11) is -3.35. The van der Waals surface area contributed by atoms with E-state index in [1.165, 1.54) is 19.3 Å². The minimum absolute atomic E-state index is 0.450. The molecule has 2 N–H and O–H groups in total. The van der Waals surface area contributed by atoms with Crippen molar-refractivity contribution in [3.8, 4) is 0 Å². The van der Waals surface area contributed by atoms with Crippen LogP contribution in [0.3, 0.4) is 0 Å². The summed E-state index contributed by atoms with van der Waals surface area (Å²) in [6.07, 6.45) is 3.88. The number of rotatable bonds is 3. The fourth-order valence-corrected chi connectivity index (χ4v) is 1.21. The monoisotopic (exact) mass is 217 g/mol. The van der Waals surface area contributed by atoms with Crippen LogP contribution in [0, 0.1) is 0 Å². The molecule has 1 unspecified atom stereocenters. The van der Waals surface area contributed by atoms with Crippen LogP contribution in [-0.2, 0) is 14.6 Å². The molecule has 0 bridgehead atoms. The molecule has 0 saturated carbocycles.